The van der Waals surface area contributed by atoms with E-state index in [9.17, 15) is 4.79 Å². The number of amides is 1. The van der Waals surface area contributed by atoms with Crippen LogP contribution in [0.2, 0.25) is 5.02 Å². The fourth-order valence-corrected chi connectivity index (χ4v) is 1.63. The number of nitrogens with zero attached hydrogens (tertiary/aromatic N) is 2. The number of halogens is 1. The predicted octanol–water partition coefficient (Wildman–Crippen LogP) is 2.55. The number of hydrogen-bond donors (Lipinski definition) is 1. The van der Waals surface area contributed by atoms with Gasteiger partial charge in [0.25, 0.3) is 11.8 Å². The second-order valence-electron chi connectivity index (χ2n) is 3.94. The van der Waals surface area contributed by atoms with E-state index >= 15 is 0 Å². The molecule has 0 spiro atoms. The average molecular weight is 296 g/mol. The quantitative estimate of drug-likeness (QED) is 0.861. The fraction of sp³-hybridized carbons (Fsp3) is 0.231. The first-order chi connectivity index (χ1) is 9.60. The van der Waals surface area contributed by atoms with Crippen molar-refractivity contribution in [1.29, 1.82) is 0 Å². The van der Waals surface area contributed by atoms with E-state index in [1.165, 1.54) is 4.68 Å². The lowest BCUT2D eigenvalue weighted by atomic mass is 10.3. The molecule has 106 valence electrons. The van der Waals surface area contributed by atoms with Crippen molar-refractivity contribution < 1.29 is 14.4 Å². The lowest BCUT2D eigenvalue weighted by Gasteiger charge is -2.05. The van der Waals surface area contributed by atoms with Crippen LogP contribution in [0.1, 0.15) is 17.3 Å². The van der Waals surface area contributed by atoms with Crippen LogP contribution in [-0.2, 0) is 11.9 Å². The summed E-state index contributed by atoms with van der Waals surface area (Å²) in [5, 5.41) is 4.71. The highest BCUT2D eigenvalue weighted by Gasteiger charge is 2.17. The van der Waals surface area contributed by atoms with Gasteiger partial charge in [0.2, 0.25) is 0 Å². The highest BCUT2D eigenvalue weighted by atomic mass is 35.5. The molecule has 0 saturated heterocycles. The Kier molecular flexibility index (Phi) is 4.60. The number of ether oxygens (including phenoxy) is 1. The molecule has 0 unspecified atom stereocenters. The summed E-state index contributed by atoms with van der Waals surface area (Å²) in [6.45, 7) is 2.15. The minimum atomic E-state index is -0.413. The lowest BCUT2D eigenvalue weighted by molar-refractivity contribution is 0.0362. The summed E-state index contributed by atoms with van der Waals surface area (Å²) in [5.41, 5.74) is 2.59. The third-order valence-corrected chi connectivity index (χ3v) is 2.63. The molecule has 0 saturated carbocycles. The first kappa shape index (κ1) is 14.4. The van der Waals surface area contributed by atoms with Crippen LogP contribution in [0, 0.1) is 0 Å². The van der Waals surface area contributed by atoms with Gasteiger partial charge in [0, 0.05) is 18.3 Å². The Balaban J connectivity index is 2.19. The number of carbonyl (C=O) groups excluding carboxylic acids is 1. The second-order valence-corrected chi connectivity index (χ2v) is 4.38. The monoisotopic (exact) mass is 295 g/mol. The van der Waals surface area contributed by atoms with Crippen LogP contribution in [0.15, 0.2) is 30.5 Å². The molecule has 0 atom stereocenters. The number of carbonyl (C=O) groups is 1. The molecule has 0 radical (unpaired) electrons. The molecule has 1 aromatic carbocycles. The highest BCUT2D eigenvalue weighted by molar-refractivity contribution is 6.30. The van der Waals surface area contributed by atoms with Crippen molar-refractivity contribution in [3.05, 3.63) is 41.0 Å². The van der Waals surface area contributed by atoms with Gasteiger partial charge in [-0.05, 0) is 31.2 Å². The summed E-state index contributed by atoms with van der Waals surface area (Å²) < 4.78 is 7.07. The summed E-state index contributed by atoms with van der Waals surface area (Å²) in [7, 11) is 1.70. The molecule has 0 bridgehead atoms. The molecule has 0 aliphatic rings. The Hall–Kier alpha value is -2.05. The Bertz CT molecular complexity index is 595. The Morgan fingerprint density at radius 3 is 2.75 bits per heavy atom. The first-order valence-electron chi connectivity index (χ1n) is 5.99. The summed E-state index contributed by atoms with van der Waals surface area (Å²) in [5.74, 6) is 0.328. The molecule has 1 heterocycles. The first-order valence-corrected chi connectivity index (χ1v) is 6.37. The normalized spacial score (nSPS) is 10.3. The highest BCUT2D eigenvalue weighted by Crippen LogP contribution is 2.24. The van der Waals surface area contributed by atoms with Crippen LogP contribution in [0.3, 0.4) is 0 Å². The van der Waals surface area contributed by atoms with Gasteiger partial charge in [0.1, 0.15) is 11.3 Å². The third kappa shape index (κ3) is 3.49. The Labute approximate surface area is 121 Å². The molecule has 6 nitrogen and oxygen atoms in total. The maximum atomic E-state index is 11.9. The maximum Gasteiger partial charge on any atom is 0.281 e. The van der Waals surface area contributed by atoms with Crippen LogP contribution < -0.4 is 10.2 Å². The lowest BCUT2D eigenvalue weighted by Crippen LogP contribution is -2.23. The summed E-state index contributed by atoms with van der Waals surface area (Å²) in [4.78, 5) is 16.8. The number of aryl methyl sites for hydroxylation is 1. The number of aromatic nitrogens is 2. The van der Waals surface area contributed by atoms with Crippen molar-refractivity contribution in [2.24, 2.45) is 7.05 Å². The Morgan fingerprint density at radius 1 is 1.40 bits per heavy atom. The van der Waals surface area contributed by atoms with Gasteiger partial charge < -0.3 is 4.74 Å². The van der Waals surface area contributed by atoms with Crippen molar-refractivity contribution in [1.82, 2.24) is 15.3 Å². The number of benzene rings is 1. The van der Waals surface area contributed by atoms with E-state index in [-0.39, 0.29) is 11.4 Å². The molecule has 1 N–H and O–H groups in total. The topological polar surface area (TPSA) is 65.4 Å². The van der Waals surface area contributed by atoms with Crippen molar-refractivity contribution in [2.45, 2.75) is 6.92 Å². The van der Waals surface area contributed by atoms with Crippen molar-refractivity contribution in [2.75, 3.05) is 6.61 Å². The molecule has 0 aliphatic carbocycles. The summed E-state index contributed by atoms with van der Waals surface area (Å²) in [6.07, 6.45) is 1.56. The van der Waals surface area contributed by atoms with Crippen molar-refractivity contribution >= 4 is 17.5 Å². The van der Waals surface area contributed by atoms with Crippen LogP contribution in [0.4, 0.5) is 0 Å². The van der Waals surface area contributed by atoms with Gasteiger partial charge in [0.05, 0.1) is 6.61 Å². The van der Waals surface area contributed by atoms with E-state index in [1.54, 1.807) is 44.4 Å². The molecule has 2 aromatic rings. The molecule has 1 amide bonds. The second kappa shape index (κ2) is 6.40. The molecular weight excluding hydrogens is 282 g/mol. The number of hydroxylamine groups is 1. The zero-order chi connectivity index (χ0) is 14.5. The Morgan fingerprint density at radius 2 is 2.10 bits per heavy atom. The SMILES string of the molecule is CCONC(=O)c1cn(C)nc1Oc1ccc(Cl)cc1. The van der Waals surface area contributed by atoms with E-state index in [0.29, 0.717) is 17.4 Å². The third-order valence-electron chi connectivity index (χ3n) is 2.38. The van der Waals surface area contributed by atoms with Crippen LogP contribution in [-0.4, -0.2) is 22.3 Å². The van der Waals surface area contributed by atoms with Gasteiger partial charge in [-0.25, -0.2) is 5.48 Å². The number of nitrogens with one attached hydrogen (secondary N) is 1. The fourth-order valence-electron chi connectivity index (χ4n) is 1.51. The standard InChI is InChI=1S/C13H14ClN3O3/c1-3-19-16-12(18)11-8-17(2)15-13(11)20-10-6-4-9(14)5-7-10/h4-8H,3H2,1-2H3,(H,16,18). The molecule has 2 rings (SSSR count). The molecule has 20 heavy (non-hydrogen) atoms. The van der Waals surface area contributed by atoms with E-state index in [2.05, 4.69) is 10.6 Å². The van der Waals surface area contributed by atoms with Gasteiger partial charge in [0.15, 0.2) is 0 Å². The number of rotatable bonds is 5. The summed E-state index contributed by atoms with van der Waals surface area (Å²) in [6, 6.07) is 6.78. The van der Waals surface area contributed by atoms with Gasteiger partial charge >= 0.3 is 0 Å². The molecule has 1 aromatic heterocycles. The minimum absolute atomic E-state index is 0.201. The van der Waals surface area contributed by atoms with Gasteiger partial charge in [-0.15, -0.1) is 5.10 Å². The summed E-state index contributed by atoms with van der Waals surface area (Å²) >= 11 is 5.80. The minimum Gasteiger partial charge on any atom is -0.437 e. The predicted molar refractivity (Wildman–Crippen MR) is 73.8 cm³/mol. The van der Waals surface area contributed by atoms with E-state index in [0.717, 1.165) is 0 Å². The van der Waals surface area contributed by atoms with Crippen molar-refractivity contribution in [3.63, 3.8) is 0 Å². The van der Waals surface area contributed by atoms with Crippen LogP contribution in [0.5, 0.6) is 11.6 Å². The van der Waals surface area contributed by atoms with Gasteiger partial charge in [-0.3, -0.25) is 14.3 Å². The van der Waals surface area contributed by atoms with Gasteiger partial charge in [-0.1, -0.05) is 11.6 Å². The zero-order valence-electron chi connectivity index (χ0n) is 11.1. The number of hydrogen-bond acceptors (Lipinski definition) is 4. The molecular formula is C13H14ClN3O3. The largest absolute Gasteiger partial charge is 0.437 e. The van der Waals surface area contributed by atoms with Crippen LogP contribution >= 0.6 is 11.6 Å². The van der Waals surface area contributed by atoms with E-state index in [1.807, 2.05) is 0 Å². The van der Waals surface area contributed by atoms with Gasteiger partial charge in [-0.2, -0.15) is 0 Å². The molecule has 7 heteroatoms. The van der Waals surface area contributed by atoms with E-state index < -0.39 is 5.91 Å². The molecule has 0 fully saturated rings. The zero-order valence-corrected chi connectivity index (χ0v) is 11.8. The molecule has 0 aliphatic heterocycles. The van der Waals surface area contributed by atoms with E-state index in [4.69, 9.17) is 21.2 Å². The average Bonchev–Trinajstić information content (AvgIpc) is 2.79. The smallest absolute Gasteiger partial charge is 0.281 e. The van der Waals surface area contributed by atoms with Crippen LogP contribution in [0.25, 0.3) is 0 Å². The van der Waals surface area contributed by atoms with Crippen molar-refractivity contribution in [3.8, 4) is 11.6 Å². The maximum absolute atomic E-state index is 11.9.